The highest BCUT2D eigenvalue weighted by molar-refractivity contribution is 9.10. The molecule has 0 aliphatic carbocycles. The molecule has 0 atom stereocenters. The first-order valence-electron chi connectivity index (χ1n) is 7.94. The van der Waals surface area contributed by atoms with Crippen LogP contribution in [0.3, 0.4) is 0 Å². The fraction of sp³-hybridized carbons (Fsp3) is 0.235. The number of hydrogen-bond donors (Lipinski definition) is 1. The molecule has 1 saturated heterocycles. The Bertz CT molecular complexity index is 972. The summed E-state index contributed by atoms with van der Waals surface area (Å²) < 4.78 is 27.8. The number of rotatable bonds is 4. The molecular weight excluding hydrogens is 479 g/mol. The minimum absolute atomic E-state index is 0.0752. The molecule has 1 N–H and O–H groups in total. The first-order valence-corrected chi connectivity index (χ1v) is 10.9. The molecule has 0 amide bonds. The normalized spacial score (nSPS) is 15.7. The number of aromatic carboxylic acids is 1. The van der Waals surface area contributed by atoms with E-state index in [1.807, 2.05) is 4.90 Å². The number of hydrogen-bond acceptors (Lipinski definition) is 4. The number of nitrogens with zero attached hydrogens (tertiary/aromatic N) is 2. The Morgan fingerprint density at radius 3 is 2.15 bits per heavy atom. The molecule has 1 aliphatic heterocycles. The van der Waals surface area contributed by atoms with Gasteiger partial charge in [-0.2, -0.15) is 4.31 Å². The van der Waals surface area contributed by atoms with E-state index in [0.29, 0.717) is 17.6 Å². The number of piperazine rings is 1. The van der Waals surface area contributed by atoms with Gasteiger partial charge >= 0.3 is 5.97 Å². The lowest BCUT2D eigenvalue weighted by molar-refractivity contribution is 0.0697. The number of anilines is 1. The molecule has 0 spiro atoms. The van der Waals surface area contributed by atoms with Gasteiger partial charge in [-0.05, 0) is 46.3 Å². The number of halogens is 3. The van der Waals surface area contributed by atoms with Gasteiger partial charge in [0.1, 0.15) is 4.90 Å². The summed E-state index contributed by atoms with van der Waals surface area (Å²) in [6.45, 7) is 1.42. The van der Waals surface area contributed by atoms with Gasteiger partial charge in [-0.1, -0.05) is 29.3 Å². The van der Waals surface area contributed by atoms with Crippen molar-refractivity contribution in [3.8, 4) is 0 Å². The van der Waals surface area contributed by atoms with Gasteiger partial charge in [-0.3, -0.25) is 0 Å². The van der Waals surface area contributed by atoms with E-state index >= 15 is 0 Å². The molecule has 2 aromatic carbocycles. The third kappa shape index (κ3) is 4.09. The summed E-state index contributed by atoms with van der Waals surface area (Å²) in [6, 6.07) is 9.36. The van der Waals surface area contributed by atoms with Crippen LogP contribution in [0.2, 0.25) is 10.0 Å². The highest BCUT2D eigenvalue weighted by Gasteiger charge is 2.32. The van der Waals surface area contributed by atoms with Crippen LogP contribution in [0.4, 0.5) is 5.69 Å². The third-order valence-electron chi connectivity index (χ3n) is 4.29. The summed E-state index contributed by atoms with van der Waals surface area (Å²) in [5.74, 6) is -1.00. The van der Waals surface area contributed by atoms with Crippen molar-refractivity contribution in [2.24, 2.45) is 0 Å². The lowest BCUT2D eigenvalue weighted by Crippen LogP contribution is -2.48. The fourth-order valence-corrected chi connectivity index (χ4v) is 6.07. The molecule has 3 rings (SSSR count). The quantitative estimate of drug-likeness (QED) is 0.697. The standard InChI is InChI=1S/C17H15BrCl2N2O4S/c18-12-10-11(17(23)24)4-5-15(12)21-6-8-22(9-7-21)27(25,26)16-13(19)2-1-3-14(16)20/h1-5,10H,6-9H2,(H,23,24). The van der Waals surface area contributed by atoms with Crippen molar-refractivity contribution in [2.75, 3.05) is 31.1 Å². The van der Waals surface area contributed by atoms with E-state index in [1.54, 1.807) is 12.1 Å². The van der Waals surface area contributed by atoms with E-state index in [9.17, 15) is 13.2 Å². The fourth-order valence-electron chi connectivity index (χ4n) is 2.92. The van der Waals surface area contributed by atoms with Crippen LogP contribution in [0.25, 0.3) is 0 Å². The molecule has 0 bridgehead atoms. The Morgan fingerprint density at radius 2 is 1.63 bits per heavy atom. The van der Waals surface area contributed by atoms with Crippen LogP contribution >= 0.6 is 39.1 Å². The molecule has 1 aliphatic rings. The van der Waals surface area contributed by atoms with Crippen molar-refractivity contribution in [3.63, 3.8) is 0 Å². The minimum atomic E-state index is -3.80. The first kappa shape index (κ1) is 20.4. The van der Waals surface area contributed by atoms with Crippen molar-refractivity contribution in [3.05, 3.63) is 56.5 Å². The molecule has 0 unspecified atom stereocenters. The summed E-state index contributed by atoms with van der Waals surface area (Å²) >= 11 is 15.5. The number of carbonyl (C=O) groups is 1. The van der Waals surface area contributed by atoms with Gasteiger partial charge in [0.05, 0.1) is 21.3 Å². The van der Waals surface area contributed by atoms with Crippen LogP contribution in [0.5, 0.6) is 0 Å². The Hall–Kier alpha value is -1.32. The molecule has 0 saturated carbocycles. The van der Waals surface area contributed by atoms with Crippen molar-refractivity contribution >= 4 is 60.8 Å². The van der Waals surface area contributed by atoms with E-state index in [-0.39, 0.29) is 33.6 Å². The monoisotopic (exact) mass is 492 g/mol. The van der Waals surface area contributed by atoms with E-state index in [0.717, 1.165) is 5.69 Å². The van der Waals surface area contributed by atoms with Crippen molar-refractivity contribution in [1.29, 1.82) is 0 Å². The lowest BCUT2D eigenvalue weighted by atomic mass is 10.2. The van der Waals surface area contributed by atoms with Gasteiger partial charge in [0.2, 0.25) is 10.0 Å². The van der Waals surface area contributed by atoms with Crippen LogP contribution in [-0.2, 0) is 10.0 Å². The summed E-state index contributed by atoms with van der Waals surface area (Å²) in [5, 5.41) is 9.25. The van der Waals surface area contributed by atoms with Crippen LogP contribution in [0.1, 0.15) is 10.4 Å². The first-order chi connectivity index (χ1) is 12.7. The number of carboxylic acid groups (broad SMARTS) is 1. The zero-order valence-corrected chi connectivity index (χ0v) is 17.8. The molecule has 0 radical (unpaired) electrons. The predicted octanol–water partition coefficient (Wildman–Crippen LogP) is 3.97. The van der Waals surface area contributed by atoms with Crippen molar-refractivity contribution in [2.45, 2.75) is 4.90 Å². The molecule has 27 heavy (non-hydrogen) atoms. The molecule has 1 heterocycles. The van der Waals surface area contributed by atoms with Gasteiger partial charge in [0, 0.05) is 30.7 Å². The number of benzene rings is 2. The maximum absolute atomic E-state index is 12.9. The van der Waals surface area contributed by atoms with Crippen LogP contribution in [0, 0.1) is 0 Å². The van der Waals surface area contributed by atoms with Gasteiger partial charge < -0.3 is 10.0 Å². The van der Waals surface area contributed by atoms with Crippen LogP contribution in [0.15, 0.2) is 45.8 Å². The van der Waals surface area contributed by atoms with Crippen molar-refractivity contribution < 1.29 is 18.3 Å². The van der Waals surface area contributed by atoms with Crippen LogP contribution < -0.4 is 4.90 Å². The van der Waals surface area contributed by atoms with E-state index in [2.05, 4.69) is 15.9 Å². The van der Waals surface area contributed by atoms with Crippen LogP contribution in [-0.4, -0.2) is 50.0 Å². The summed E-state index contributed by atoms with van der Waals surface area (Å²) in [4.78, 5) is 13.0. The zero-order chi connectivity index (χ0) is 19.8. The van der Waals surface area contributed by atoms with Gasteiger partial charge in [-0.15, -0.1) is 0 Å². The third-order valence-corrected chi connectivity index (χ3v) is 7.78. The Morgan fingerprint density at radius 1 is 1.04 bits per heavy atom. The average Bonchev–Trinajstić information content (AvgIpc) is 2.61. The van der Waals surface area contributed by atoms with Gasteiger partial charge in [-0.25, -0.2) is 13.2 Å². The maximum Gasteiger partial charge on any atom is 0.335 e. The minimum Gasteiger partial charge on any atom is -0.478 e. The lowest BCUT2D eigenvalue weighted by Gasteiger charge is -2.36. The second-order valence-electron chi connectivity index (χ2n) is 5.91. The molecule has 0 aromatic heterocycles. The smallest absolute Gasteiger partial charge is 0.335 e. The van der Waals surface area contributed by atoms with E-state index in [4.69, 9.17) is 28.3 Å². The average molecular weight is 494 g/mol. The molecule has 6 nitrogen and oxygen atoms in total. The molecule has 10 heteroatoms. The topological polar surface area (TPSA) is 77.9 Å². The summed E-state index contributed by atoms with van der Waals surface area (Å²) in [5.41, 5.74) is 0.994. The summed E-state index contributed by atoms with van der Waals surface area (Å²) in [6.07, 6.45) is 0. The Balaban J connectivity index is 1.78. The van der Waals surface area contributed by atoms with E-state index in [1.165, 1.54) is 28.6 Å². The Kier molecular flexibility index (Phi) is 6.02. The van der Waals surface area contributed by atoms with Gasteiger partial charge in [0.15, 0.2) is 0 Å². The van der Waals surface area contributed by atoms with Crippen molar-refractivity contribution in [1.82, 2.24) is 4.31 Å². The second kappa shape index (κ2) is 7.97. The molecule has 144 valence electrons. The molecule has 1 fully saturated rings. The number of carboxylic acids is 1. The SMILES string of the molecule is O=C(O)c1ccc(N2CCN(S(=O)(=O)c3c(Cl)cccc3Cl)CC2)c(Br)c1. The zero-order valence-electron chi connectivity index (χ0n) is 13.9. The molecular formula is C17H15BrCl2N2O4S. The second-order valence-corrected chi connectivity index (χ2v) is 9.46. The Labute approximate surface area is 175 Å². The highest BCUT2D eigenvalue weighted by Crippen LogP contribution is 2.33. The number of sulfonamides is 1. The summed E-state index contributed by atoms with van der Waals surface area (Å²) in [7, 11) is -3.80. The highest BCUT2D eigenvalue weighted by atomic mass is 79.9. The predicted molar refractivity (Wildman–Crippen MR) is 109 cm³/mol. The maximum atomic E-state index is 12.9. The van der Waals surface area contributed by atoms with Gasteiger partial charge in [0.25, 0.3) is 0 Å². The molecule has 2 aromatic rings. The largest absolute Gasteiger partial charge is 0.478 e. The van der Waals surface area contributed by atoms with E-state index < -0.39 is 16.0 Å².